The van der Waals surface area contributed by atoms with Gasteiger partial charge in [0.15, 0.2) is 0 Å². The normalized spacial score (nSPS) is 12.1. The first kappa shape index (κ1) is 15.8. The number of halogens is 2. The van der Waals surface area contributed by atoms with E-state index in [1.807, 2.05) is 13.8 Å². The monoisotopic (exact) mass is 293 g/mol. The Morgan fingerprint density at radius 1 is 1.26 bits per heavy atom. The molecule has 19 heavy (non-hydrogen) atoms. The Morgan fingerprint density at radius 3 is 2.47 bits per heavy atom. The Balaban J connectivity index is 2.80. The molecule has 1 aromatic rings. The van der Waals surface area contributed by atoms with Crippen LogP contribution in [-0.4, -0.2) is 33.4 Å². The lowest BCUT2D eigenvalue weighted by atomic mass is 10.3. The number of sulfone groups is 1. The van der Waals surface area contributed by atoms with Crippen LogP contribution >= 0.6 is 0 Å². The second kappa shape index (κ2) is 6.81. The molecule has 0 fully saturated rings. The predicted molar refractivity (Wildman–Crippen MR) is 68.3 cm³/mol. The van der Waals surface area contributed by atoms with Crippen LogP contribution in [0.2, 0.25) is 0 Å². The van der Waals surface area contributed by atoms with Crippen LogP contribution in [0.1, 0.15) is 13.8 Å². The highest BCUT2D eigenvalue weighted by Gasteiger charge is 2.29. The summed E-state index contributed by atoms with van der Waals surface area (Å²) in [7, 11) is -4.64. The number of ether oxygens (including phenoxy) is 1. The fourth-order valence-corrected chi connectivity index (χ4v) is 2.28. The fraction of sp³-hybridized carbons (Fsp3) is 0.500. The van der Waals surface area contributed by atoms with E-state index in [1.165, 1.54) is 18.2 Å². The number of nitrogens with one attached hydrogen (secondary N) is 1. The summed E-state index contributed by atoms with van der Waals surface area (Å²) in [5.74, 6) is -3.50. The molecule has 108 valence electrons. The molecule has 0 amide bonds. The molecule has 0 aliphatic rings. The first-order valence-electron chi connectivity index (χ1n) is 5.83. The molecule has 0 aliphatic carbocycles. The Morgan fingerprint density at radius 2 is 1.89 bits per heavy atom. The maximum Gasteiger partial charge on any atom is 0.341 e. The van der Waals surface area contributed by atoms with Gasteiger partial charge in [0, 0.05) is 12.6 Å². The van der Waals surface area contributed by atoms with Crippen molar-refractivity contribution in [1.82, 2.24) is 5.32 Å². The van der Waals surface area contributed by atoms with E-state index in [4.69, 9.17) is 4.74 Å². The van der Waals surface area contributed by atoms with Gasteiger partial charge in [-0.2, -0.15) is 8.78 Å². The van der Waals surface area contributed by atoms with Crippen LogP contribution in [0.15, 0.2) is 29.2 Å². The van der Waals surface area contributed by atoms with Crippen molar-refractivity contribution >= 4 is 9.84 Å². The summed E-state index contributed by atoms with van der Waals surface area (Å²) in [6.07, 6.45) is 0. The quantitative estimate of drug-likeness (QED) is 0.782. The average molecular weight is 293 g/mol. The summed E-state index contributed by atoms with van der Waals surface area (Å²) in [6.45, 7) is 4.61. The molecule has 0 heterocycles. The predicted octanol–water partition coefficient (Wildman–Crippen LogP) is 2.06. The number of para-hydroxylation sites is 1. The zero-order valence-corrected chi connectivity index (χ0v) is 11.6. The highest BCUT2D eigenvalue weighted by molar-refractivity contribution is 7.91. The minimum atomic E-state index is -4.64. The molecule has 0 aromatic heterocycles. The van der Waals surface area contributed by atoms with E-state index in [0.717, 1.165) is 6.07 Å². The van der Waals surface area contributed by atoms with Crippen LogP contribution < -0.4 is 10.1 Å². The Labute approximate surface area is 111 Å². The SMILES string of the molecule is CC(C)NCCOc1ccccc1S(=O)(=O)C(F)F. The Bertz CT molecular complexity index is 503. The smallest absolute Gasteiger partial charge is 0.341 e. The molecule has 0 unspecified atom stereocenters. The molecule has 0 atom stereocenters. The topological polar surface area (TPSA) is 55.4 Å². The van der Waals surface area contributed by atoms with Crippen LogP contribution in [0.25, 0.3) is 0 Å². The van der Waals surface area contributed by atoms with Crippen LogP contribution in [0.3, 0.4) is 0 Å². The van der Waals surface area contributed by atoms with Crippen molar-refractivity contribution in [2.45, 2.75) is 30.5 Å². The van der Waals surface area contributed by atoms with E-state index >= 15 is 0 Å². The number of hydrogen-bond donors (Lipinski definition) is 1. The van der Waals surface area contributed by atoms with Gasteiger partial charge in [0.1, 0.15) is 17.3 Å². The molecular weight excluding hydrogens is 276 g/mol. The van der Waals surface area contributed by atoms with Gasteiger partial charge in [0.05, 0.1) is 0 Å². The molecule has 0 saturated heterocycles. The Kier molecular flexibility index (Phi) is 5.68. The molecule has 0 radical (unpaired) electrons. The minimum Gasteiger partial charge on any atom is -0.491 e. The van der Waals surface area contributed by atoms with E-state index < -0.39 is 20.5 Å². The molecule has 4 nitrogen and oxygen atoms in total. The van der Waals surface area contributed by atoms with Crippen LogP contribution in [0.4, 0.5) is 8.78 Å². The van der Waals surface area contributed by atoms with Gasteiger partial charge < -0.3 is 10.1 Å². The highest BCUT2D eigenvalue weighted by atomic mass is 32.2. The van der Waals surface area contributed by atoms with Gasteiger partial charge in [-0.25, -0.2) is 8.42 Å². The first-order valence-corrected chi connectivity index (χ1v) is 7.37. The van der Waals surface area contributed by atoms with Gasteiger partial charge in [-0.3, -0.25) is 0 Å². The summed E-state index contributed by atoms with van der Waals surface area (Å²) in [4.78, 5) is -0.477. The van der Waals surface area contributed by atoms with E-state index in [9.17, 15) is 17.2 Å². The van der Waals surface area contributed by atoms with E-state index in [1.54, 1.807) is 0 Å². The third-order valence-electron chi connectivity index (χ3n) is 2.30. The van der Waals surface area contributed by atoms with Gasteiger partial charge in [-0.15, -0.1) is 0 Å². The molecule has 7 heteroatoms. The largest absolute Gasteiger partial charge is 0.491 e. The third-order valence-corrected chi connectivity index (χ3v) is 3.72. The van der Waals surface area contributed by atoms with Crippen molar-refractivity contribution in [2.75, 3.05) is 13.2 Å². The molecule has 1 aromatic carbocycles. The lowest BCUT2D eigenvalue weighted by Crippen LogP contribution is -2.27. The second-order valence-corrected chi connectivity index (χ2v) is 6.10. The van der Waals surface area contributed by atoms with Gasteiger partial charge in [-0.1, -0.05) is 26.0 Å². The number of rotatable bonds is 7. The summed E-state index contributed by atoms with van der Waals surface area (Å²) >= 11 is 0. The summed E-state index contributed by atoms with van der Waals surface area (Å²) < 4.78 is 53.2. The van der Waals surface area contributed by atoms with E-state index in [2.05, 4.69) is 5.32 Å². The van der Waals surface area contributed by atoms with E-state index in [0.29, 0.717) is 6.54 Å². The molecular formula is C12H17F2NO3S. The number of alkyl halides is 2. The zero-order chi connectivity index (χ0) is 14.5. The summed E-state index contributed by atoms with van der Waals surface area (Å²) in [6, 6.07) is 5.67. The van der Waals surface area contributed by atoms with Crippen molar-refractivity contribution in [3.8, 4) is 5.75 Å². The third kappa shape index (κ3) is 4.43. The maximum absolute atomic E-state index is 12.5. The van der Waals surface area contributed by atoms with Crippen molar-refractivity contribution in [3.63, 3.8) is 0 Å². The molecule has 0 saturated carbocycles. The standard InChI is InChI=1S/C12H17F2NO3S/c1-9(2)15-7-8-18-10-5-3-4-6-11(10)19(16,17)12(13)14/h3-6,9,12,15H,7-8H2,1-2H3. The summed E-state index contributed by atoms with van der Waals surface area (Å²) in [5.41, 5.74) is 0. The average Bonchev–Trinajstić information content (AvgIpc) is 2.34. The lowest BCUT2D eigenvalue weighted by Gasteiger charge is -2.13. The van der Waals surface area contributed by atoms with Gasteiger partial charge >= 0.3 is 5.76 Å². The molecule has 1 rings (SSSR count). The second-order valence-electron chi connectivity index (χ2n) is 4.21. The molecule has 0 aliphatic heterocycles. The van der Waals surface area contributed by atoms with Crippen LogP contribution in [-0.2, 0) is 9.84 Å². The lowest BCUT2D eigenvalue weighted by molar-refractivity contribution is 0.233. The first-order chi connectivity index (χ1) is 8.85. The van der Waals surface area contributed by atoms with Crippen LogP contribution in [0, 0.1) is 0 Å². The number of benzene rings is 1. The molecule has 0 spiro atoms. The van der Waals surface area contributed by atoms with Gasteiger partial charge in [-0.05, 0) is 12.1 Å². The fourth-order valence-electron chi connectivity index (χ4n) is 1.41. The Hall–Kier alpha value is -1.21. The van der Waals surface area contributed by atoms with E-state index in [-0.39, 0.29) is 18.4 Å². The van der Waals surface area contributed by atoms with Crippen molar-refractivity contribution in [1.29, 1.82) is 0 Å². The van der Waals surface area contributed by atoms with Crippen molar-refractivity contribution in [3.05, 3.63) is 24.3 Å². The van der Waals surface area contributed by atoms with Crippen molar-refractivity contribution in [2.24, 2.45) is 0 Å². The molecule has 0 bridgehead atoms. The van der Waals surface area contributed by atoms with Gasteiger partial charge in [0.25, 0.3) is 0 Å². The number of hydrogen-bond acceptors (Lipinski definition) is 4. The summed E-state index contributed by atoms with van der Waals surface area (Å²) in [5, 5.41) is 3.07. The van der Waals surface area contributed by atoms with Crippen molar-refractivity contribution < 1.29 is 21.9 Å². The maximum atomic E-state index is 12.5. The van der Waals surface area contributed by atoms with Gasteiger partial charge in [0.2, 0.25) is 9.84 Å². The highest BCUT2D eigenvalue weighted by Crippen LogP contribution is 2.27. The van der Waals surface area contributed by atoms with Crippen LogP contribution in [0.5, 0.6) is 5.75 Å². The zero-order valence-electron chi connectivity index (χ0n) is 10.8. The minimum absolute atomic E-state index is 0.0478. The molecule has 1 N–H and O–H groups in total.